The summed E-state index contributed by atoms with van der Waals surface area (Å²) in [7, 11) is 1.77. The number of pyridine rings is 1. The Bertz CT molecular complexity index is 374. The van der Waals surface area contributed by atoms with E-state index in [-0.39, 0.29) is 11.5 Å². The first-order chi connectivity index (χ1) is 6.06. The van der Waals surface area contributed by atoms with Gasteiger partial charge in [-0.2, -0.15) is 0 Å². The fourth-order valence-electron chi connectivity index (χ4n) is 1.29. The van der Waals surface area contributed by atoms with Crippen molar-refractivity contribution in [3.05, 3.63) is 40.3 Å². The highest BCUT2D eigenvalue weighted by molar-refractivity contribution is 5.46. The molecule has 0 aromatic carbocycles. The van der Waals surface area contributed by atoms with Crippen molar-refractivity contribution >= 4 is 6.08 Å². The van der Waals surface area contributed by atoms with Gasteiger partial charge in [0.15, 0.2) is 0 Å². The lowest BCUT2D eigenvalue weighted by atomic mass is 10.0. The molecule has 0 N–H and O–H groups in total. The first-order valence-corrected chi connectivity index (χ1v) is 4.39. The predicted octanol–water partition coefficient (Wildman–Crippen LogP) is 2.15. The van der Waals surface area contributed by atoms with Crippen LogP contribution in [0.4, 0.5) is 0 Å². The van der Waals surface area contributed by atoms with Crippen LogP contribution in [0.2, 0.25) is 0 Å². The first-order valence-electron chi connectivity index (χ1n) is 4.39. The van der Waals surface area contributed by atoms with E-state index in [1.54, 1.807) is 23.9 Å². The molecule has 2 heteroatoms. The maximum Gasteiger partial charge on any atom is 0.253 e. The lowest BCUT2D eigenvalue weighted by Gasteiger charge is -2.08. The van der Waals surface area contributed by atoms with E-state index >= 15 is 0 Å². The molecule has 0 aliphatic carbocycles. The molecule has 0 aliphatic heterocycles. The summed E-state index contributed by atoms with van der Waals surface area (Å²) in [5.41, 5.74) is 1.92. The number of nitrogens with zero attached hydrogens (tertiary/aromatic N) is 1. The van der Waals surface area contributed by atoms with Crippen molar-refractivity contribution in [3.8, 4) is 0 Å². The average Bonchev–Trinajstić information content (AvgIpc) is 2.09. The molecule has 2 nitrogen and oxygen atoms in total. The number of hydrogen-bond donors (Lipinski definition) is 0. The van der Waals surface area contributed by atoms with Gasteiger partial charge in [0.2, 0.25) is 0 Å². The Kier molecular flexibility index (Phi) is 2.71. The predicted molar refractivity (Wildman–Crippen MR) is 55.9 cm³/mol. The number of hydrogen-bond acceptors (Lipinski definition) is 1. The molecule has 0 spiro atoms. The van der Waals surface area contributed by atoms with Gasteiger partial charge in [0.05, 0.1) is 0 Å². The summed E-state index contributed by atoms with van der Waals surface area (Å²) in [5, 5.41) is 0. The minimum absolute atomic E-state index is 0.0839. The Balaban J connectivity index is 3.42. The molecule has 0 aliphatic rings. The summed E-state index contributed by atoms with van der Waals surface area (Å²) < 4.78 is 1.60. The molecule has 70 valence electrons. The third-order valence-electron chi connectivity index (χ3n) is 2.09. The standard InChI is InChI=1S/C11H15NO/c1-5-9-6-10(8(2)3)11(13)12(4)7-9/h5-8H,1H2,2-4H3. The largest absolute Gasteiger partial charge is 0.318 e. The van der Waals surface area contributed by atoms with E-state index in [1.165, 1.54) is 0 Å². The van der Waals surface area contributed by atoms with E-state index in [9.17, 15) is 4.79 Å². The van der Waals surface area contributed by atoms with Crippen LogP contribution in [0, 0.1) is 0 Å². The second-order valence-electron chi connectivity index (χ2n) is 3.50. The zero-order valence-corrected chi connectivity index (χ0v) is 8.37. The molecule has 0 saturated heterocycles. The van der Waals surface area contributed by atoms with Crippen LogP contribution < -0.4 is 5.56 Å². The maximum atomic E-state index is 11.6. The zero-order valence-electron chi connectivity index (χ0n) is 8.37. The Morgan fingerprint density at radius 1 is 1.54 bits per heavy atom. The van der Waals surface area contributed by atoms with Gasteiger partial charge in [-0.05, 0) is 17.5 Å². The van der Waals surface area contributed by atoms with Gasteiger partial charge in [0.1, 0.15) is 0 Å². The Morgan fingerprint density at radius 2 is 2.15 bits per heavy atom. The molecular weight excluding hydrogens is 162 g/mol. The molecule has 0 bridgehead atoms. The van der Waals surface area contributed by atoms with E-state index in [0.717, 1.165) is 11.1 Å². The first kappa shape index (κ1) is 9.78. The van der Waals surface area contributed by atoms with Crippen molar-refractivity contribution in [2.45, 2.75) is 19.8 Å². The van der Waals surface area contributed by atoms with Crippen LogP contribution in [0.1, 0.15) is 30.9 Å². The maximum absolute atomic E-state index is 11.6. The van der Waals surface area contributed by atoms with E-state index in [2.05, 4.69) is 6.58 Å². The Labute approximate surface area is 78.5 Å². The van der Waals surface area contributed by atoms with Crippen LogP contribution in [0.25, 0.3) is 6.08 Å². The summed E-state index contributed by atoms with van der Waals surface area (Å²) in [4.78, 5) is 11.6. The fraction of sp³-hybridized carbons (Fsp3) is 0.364. The van der Waals surface area contributed by atoms with Gasteiger partial charge in [-0.3, -0.25) is 4.79 Å². The third-order valence-corrected chi connectivity index (χ3v) is 2.09. The summed E-state index contributed by atoms with van der Waals surface area (Å²) in [6.45, 7) is 7.72. The second kappa shape index (κ2) is 3.60. The third kappa shape index (κ3) is 1.89. The highest BCUT2D eigenvalue weighted by atomic mass is 16.1. The van der Waals surface area contributed by atoms with Crippen molar-refractivity contribution in [1.82, 2.24) is 4.57 Å². The quantitative estimate of drug-likeness (QED) is 0.678. The molecule has 1 heterocycles. The molecule has 0 unspecified atom stereocenters. The van der Waals surface area contributed by atoms with Gasteiger partial charge >= 0.3 is 0 Å². The minimum Gasteiger partial charge on any atom is -0.318 e. The summed E-state index contributed by atoms with van der Waals surface area (Å²) in [6.07, 6.45) is 3.55. The van der Waals surface area contributed by atoms with Crippen LogP contribution in [0.5, 0.6) is 0 Å². The van der Waals surface area contributed by atoms with Gasteiger partial charge in [-0.25, -0.2) is 0 Å². The van der Waals surface area contributed by atoms with Gasteiger partial charge in [-0.1, -0.05) is 26.5 Å². The lowest BCUT2D eigenvalue weighted by Crippen LogP contribution is -2.21. The lowest BCUT2D eigenvalue weighted by molar-refractivity contribution is 0.779. The van der Waals surface area contributed by atoms with Crippen molar-refractivity contribution in [2.24, 2.45) is 7.05 Å². The molecule has 0 saturated carbocycles. The highest BCUT2D eigenvalue weighted by Gasteiger charge is 2.06. The molecule has 0 atom stereocenters. The SMILES string of the molecule is C=Cc1cc(C(C)C)c(=O)n(C)c1. The van der Waals surface area contributed by atoms with Gasteiger partial charge in [0, 0.05) is 18.8 Å². The van der Waals surface area contributed by atoms with E-state index in [1.807, 2.05) is 19.9 Å². The van der Waals surface area contributed by atoms with Gasteiger partial charge in [0.25, 0.3) is 5.56 Å². The van der Waals surface area contributed by atoms with Crippen molar-refractivity contribution in [2.75, 3.05) is 0 Å². The normalized spacial score (nSPS) is 10.5. The van der Waals surface area contributed by atoms with Crippen LogP contribution in [-0.2, 0) is 7.05 Å². The summed E-state index contributed by atoms with van der Waals surface area (Å²) in [6, 6.07) is 1.90. The Hall–Kier alpha value is -1.31. The molecule has 0 fully saturated rings. The van der Waals surface area contributed by atoms with E-state index in [0.29, 0.717) is 0 Å². The highest BCUT2D eigenvalue weighted by Crippen LogP contribution is 2.11. The number of rotatable bonds is 2. The monoisotopic (exact) mass is 177 g/mol. The van der Waals surface area contributed by atoms with Crippen LogP contribution >= 0.6 is 0 Å². The number of aromatic nitrogens is 1. The van der Waals surface area contributed by atoms with Crippen LogP contribution in [0.3, 0.4) is 0 Å². The molecule has 13 heavy (non-hydrogen) atoms. The fourth-order valence-corrected chi connectivity index (χ4v) is 1.29. The van der Waals surface area contributed by atoms with Crippen LogP contribution in [0.15, 0.2) is 23.6 Å². The molecular formula is C11H15NO. The molecule has 1 rings (SSSR count). The van der Waals surface area contributed by atoms with E-state index in [4.69, 9.17) is 0 Å². The Morgan fingerprint density at radius 3 is 2.62 bits per heavy atom. The van der Waals surface area contributed by atoms with Gasteiger partial charge < -0.3 is 4.57 Å². The molecule has 0 radical (unpaired) electrons. The number of aryl methyl sites for hydroxylation is 1. The van der Waals surface area contributed by atoms with Crippen molar-refractivity contribution in [3.63, 3.8) is 0 Å². The second-order valence-corrected chi connectivity index (χ2v) is 3.50. The molecule has 1 aromatic heterocycles. The smallest absolute Gasteiger partial charge is 0.253 e. The minimum atomic E-state index is 0.0839. The average molecular weight is 177 g/mol. The summed E-state index contributed by atoms with van der Waals surface area (Å²) >= 11 is 0. The van der Waals surface area contributed by atoms with Crippen molar-refractivity contribution in [1.29, 1.82) is 0 Å². The molecule has 1 aromatic rings. The van der Waals surface area contributed by atoms with Crippen molar-refractivity contribution < 1.29 is 0 Å². The zero-order chi connectivity index (χ0) is 10.0. The summed E-state index contributed by atoms with van der Waals surface area (Å²) in [5.74, 6) is 0.263. The van der Waals surface area contributed by atoms with E-state index < -0.39 is 0 Å². The van der Waals surface area contributed by atoms with Crippen LogP contribution in [-0.4, -0.2) is 4.57 Å². The van der Waals surface area contributed by atoms with Gasteiger partial charge in [-0.15, -0.1) is 0 Å². The topological polar surface area (TPSA) is 22.0 Å². The molecule has 0 amide bonds.